The number of hydrogen-bond acceptors (Lipinski definition) is 2. The molecule has 0 spiro atoms. The number of aromatic nitrogens is 2. The van der Waals surface area contributed by atoms with Crippen LogP contribution in [0.2, 0.25) is 0 Å². The van der Waals surface area contributed by atoms with E-state index in [0.29, 0.717) is 5.88 Å². The lowest BCUT2D eigenvalue weighted by molar-refractivity contribution is 1.10. The third-order valence-electron chi connectivity index (χ3n) is 2.88. The number of halogens is 1. The maximum atomic E-state index is 5.81. The van der Waals surface area contributed by atoms with E-state index < -0.39 is 0 Å². The average molecular weight is 255 g/mol. The SMILES string of the molecule is ClCc1ccnc(-c2cccc3ccccc23)n1. The van der Waals surface area contributed by atoms with Crippen molar-refractivity contribution in [2.75, 3.05) is 0 Å². The quantitative estimate of drug-likeness (QED) is 0.645. The van der Waals surface area contributed by atoms with E-state index >= 15 is 0 Å². The number of nitrogens with zero attached hydrogens (tertiary/aromatic N) is 2. The molecule has 2 nitrogen and oxygen atoms in total. The average Bonchev–Trinajstić information content (AvgIpc) is 2.47. The fourth-order valence-electron chi connectivity index (χ4n) is 2.02. The van der Waals surface area contributed by atoms with E-state index in [0.717, 1.165) is 22.5 Å². The zero-order valence-corrected chi connectivity index (χ0v) is 10.4. The van der Waals surface area contributed by atoms with Crippen molar-refractivity contribution in [2.24, 2.45) is 0 Å². The molecule has 88 valence electrons. The molecular formula is C15H11ClN2. The van der Waals surface area contributed by atoms with Crippen LogP contribution in [-0.4, -0.2) is 9.97 Å². The summed E-state index contributed by atoms with van der Waals surface area (Å²) in [7, 11) is 0. The second-order valence-corrected chi connectivity index (χ2v) is 4.30. The van der Waals surface area contributed by atoms with Crippen molar-refractivity contribution in [1.29, 1.82) is 0 Å². The molecule has 0 saturated carbocycles. The molecule has 0 unspecified atom stereocenters. The Hall–Kier alpha value is -1.93. The Morgan fingerprint density at radius 2 is 1.78 bits per heavy atom. The number of hydrogen-bond donors (Lipinski definition) is 0. The first-order valence-corrected chi connectivity index (χ1v) is 6.28. The summed E-state index contributed by atoms with van der Waals surface area (Å²) in [4.78, 5) is 8.81. The highest BCUT2D eigenvalue weighted by Crippen LogP contribution is 2.25. The Morgan fingerprint density at radius 3 is 2.67 bits per heavy atom. The van der Waals surface area contributed by atoms with Crippen LogP contribution in [0.1, 0.15) is 5.69 Å². The predicted octanol–water partition coefficient (Wildman–Crippen LogP) is 4.04. The molecule has 2 aromatic carbocycles. The summed E-state index contributed by atoms with van der Waals surface area (Å²) in [5.41, 5.74) is 1.88. The number of benzene rings is 2. The van der Waals surface area contributed by atoms with E-state index in [2.05, 4.69) is 28.2 Å². The summed E-state index contributed by atoms with van der Waals surface area (Å²) in [6.07, 6.45) is 1.75. The molecule has 0 aliphatic carbocycles. The molecule has 3 rings (SSSR count). The van der Waals surface area contributed by atoms with Crippen molar-refractivity contribution in [3.8, 4) is 11.4 Å². The Morgan fingerprint density at radius 1 is 0.944 bits per heavy atom. The minimum Gasteiger partial charge on any atom is -0.237 e. The van der Waals surface area contributed by atoms with Gasteiger partial charge in [-0.05, 0) is 16.8 Å². The third kappa shape index (κ3) is 1.95. The van der Waals surface area contributed by atoms with Gasteiger partial charge in [0.1, 0.15) is 0 Å². The van der Waals surface area contributed by atoms with Crippen LogP contribution < -0.4 is 0 Å². The Labute approximate surface area is 110 Å². The van der Waals surface area contributed by atoms with Gasteiger partial charge in [-0.25, -0.2) is 9.97 Å². The Bertz CT molecular complexity index is 689. The fourth-order valence-corrected chi connectivity index (χ4v) is 2.17. The van der Waals surface area contributed by atoms with Gasteiger partial charge in [-0.1, -0.05) is 42.5 Å². The van der Waals surface area contributed by atoms with Gasteiger partial charge in [0.25, 0.3) is 0 Å². The smallest absolute Gasteiger partial charge is 0.160 e. The molecule has 18 heavy (non-hydrogen) atoms. The van der Waals surface area contributed by atoms with Crippen LogP contribution in [0.3, 0.4) is 0 Å². The zero-order chi connectivity index (χ0) is 12.4. The Kier molecular flexibility index (Phi) is 2.95. The molecule has 0 N–H and O–H groups in total. The number of alkyl halides is 1. The first kappa shape index (κ1) is 11.2. The molecule has 3 heteroatoms. The maximum absolute atomic E-state index is 5.81. The van der Waals surface area contributed by atoms with Crippen molar-refractivity contribution in [3.63, 3.8) is 0 Å². The van der Waals surface area contributed by atoms with Crippen LogP contribution in [0.25, 0.3) is 22.2 Å². The minimum atomic E-state index is 0.403. The van der Waals surface area contributed by atoms with Crippen molar-refractivity contribution in [3.05, 3.63) is 60.4 Å². The van der Waals surface area contributed by atoms with Crippen LogP contribution in [0.5, 0.6) is 0 Å². The third-order valence-corrected chi connectivity index (χ3v) is 3.15. The molecule has 0 aliphatic heterocycles. The van der Waals surface area contributed by atoms with Gasteiger partial charge in [0.15, 0.2) is 5.82 Å². The predicted molar refractivity (Wildman–Crippen MR) is 74.5 cm³/mol. The second-order valence-electron chi connectivity index (χ2n) is 4.03. The summed E-state index contributed by atoms with van der Waals surface area (Å²) >= 11 is 5.81. The Balaban J connectivity index is 2.24. The summed E-state index contributed by atoms with van der Waals surface area (Å²) in [6, 6.07) is 16.2. The number of rotatable bonds is 2. The van der Waals surface area contributed by atoms with E-state index in [-0.39, 0.29) is 0 Å². The van der Waals surface area contributed by atoms with Gasteiger partial charge in [0.05, 0.1) is 11.6 Å². The van der Waals surface area contributed by atoms with Crippen molar-refractivity contribution >= 4 is 22.4 Å². The molecule has 1 heterocycles. The first-order valence-electron chi connectivity index (χ1n) is 5.74. The fraction of sp³-hybridized carbons (Fsp3) is 0.0667. The van der Waals surface area contributed by atoms with Crippen molar-refractivity contribution in [2.45, 2.75) is 5.88 Å². The lowest BCUT2D eigenvalue weighted by Crippen LogP contribution is -1.93. The van der Waals surface area contributed by atoms with Gasteiger partial charge >= 0.3 is 0 Å². The highest BCUT2D eigenvalue weighted by molar-refractivity contribution is 6.16. The van der Waals surface area contributed by atoms with Crippen LogP contribution >= 0.6 is 11.6 Å². The molecule has 0 saturated heterocycles. The lowest BCUT2D eigenvalue weighted by atomic mass is 10.0. The van der Waals surface area contributed by atoms with Gasteiger partial charge in [0, 0.05) is 11.8 Å². The van der Waals surface area contributed by atoms with Gasteiger partial charge in [0.2, 0.25) is 0 Å². The molecule has 0 aliphatic rings. The standard InChI is InChI=1S/C15H11ClN2/c16-10-12-8-9-17-15(18-12)14-7-3-5-11-4-1-2-6-13(11)14/h1-9H,10H2. The molecular weight excluding hydrogens is 244 g/mol. The number of fused-ring (bicyclic) bond motifs is 1. The van der Waals surface area contributed by atoms with Crippen LogP contribution in [0.4, 0.5) is 0 Å². The highest BCUT2D eigenvalue weighted by atomic mass is 35.5. The van der Waals surface area contributed by atoms with Crippen LogP contribution in [0, 0.1) is 0 Å². The summed E-state index contributed by atoms with van der Waals surface area (Å²) < 4.78 is 0. The van der Waals surface area contributed by atoms with Crippen LogP contribution in [-0.2, 0) is 5.88 Å². The van der Waals surface area contributed by atoms with Crippen molar-refractivity contribution in [1.82, 2.24) is 9.97 Å². The molecule has 0 bridgehead atoms. The molecule has 1 aromatic heterocycles. The van der Waals surface area contributed by atoms with E-state index in [1.54, 1.807) is 6.20 Å². The van der Waals surface area contributed by atoms with Gasteiger partial charge < -0.3 is 0 Å². The maximum Gasteiger partial charge on any atom is 0.160 e. The molecule has 0 amide bonds. The molecule has 0 radical (unpaired) electrons. The summed E-state index contributed by atoms with van der Waals surface area (Å²) in [6.45, 7) is 0. The molecule has 0 atom stereocenters. The van der Waals surface area contributed by atoms with E-state index in [9.17, 15) is 0 Å². The largest absolute Gasteiger partial charge is 0.237 e. The van der Waals surface area contributed by atoms with E-state index in [1.165, 1.54) is 5.39 Å². The summed E-state index contributed by atoms with van der Waals surface area (Å²) in [5.74, 6) is 1.13. The van der Waals surface area contributed by atoms with Gasteiger partial charge in [-0.15, -0.1) is 11.6 Å². The second kappa shape index (κ2) is 4.75. The van der Waals surface area contributed by atoms with Crippen molar-refractivity contribution < 1.29 is 0 Å². The van der Waals surface area contributed by atoms with E-state index in [4.69, 9.17) is 11.6 Å². The van der Waals surface area contributed by atoms with Crippen LogP contribution in [0.15, 0.2) is 54.7 Å². The lowest BCUT2D eigenvalue weighted by Gasteiger charge is -2.05. The van der Waals surface area contributed by atoms with E-state index in [1.807, 2.05) is 30.3 Å². The summed E-state index contributed by atoms with van der Waals surface area (Å²) in [5, 5.41) is 2.35. The monoisotopic (exact) mass is 254 g/mol. The molecule has 0 fully saturated rings. The zero-order valence-electron chi connectivity index (χ0n) is 9.68. The minimum absolute atomic E-state index is 0.403. The highest BCUT2D eigenvalue weighted by Gasteiger charge is 2.06. The topological polar surface area (TPSA) is 25.8 Å². The molecule has 3 aromatic rings. The normalized spacial score (nSPS) is 10.7. The van der Waals surface area contributed by atoms with Gasteiger partial charge in [-0.3, -0.25) is 0 Å². The first-order chi connectivity index (χ1) is 8.88. The van der Waals surface area contributed by atoms with Gasteiger partial charge in [-0.2, -0.15) is 0 Å².